The molecule has 112 valence electrons. The molecule has 0 unspecified atom stereocenters. The molecule has 0 spiro atoms. The van der Waals surface area contributed by atoms with E-state index in [2.05, 4.69) is 15.9 Å². The zero-order valence-corrected chi connectivity index (χ0v) is 13.2. The molecule has 0 aliphatic carbocycles. The number of nitrogens with zero attached hydrogens (tertiary/aromatic N) is 1. The molecule has 0 bridgehead atoms. The third-order valence-corrected chi connectivity index (χ3v) is 3.45. The summed E-state index contributed by atoms with van der Waals surface area (Å²) in [6, 6.07) is 6.07. The number of hydrogen-bond acceptors (Lipinski definition) is 3. The summed E-state index contributed by atoms with van der Waals surface area (Å²) >= 11 is 3.26. The highest BCUT2D eigenvalue weighted by Crippen LogP contribution is 2.18. The van der Waals surface area contributed by atoms with Gasteiger partial charge in [0.15, 0.2) is 0 Å². The molecule has 2 rings (SSSR count). The van der Waals surface area contributed by atoms with Crippen LogP contribution < -0.4 is 5.73 Å². The molecule has 1 aromatic carbocycles. The van der Waals surface area contributed by atoms with Crippen molar-refractivity contribution in [1.29, 1.82) is 0 Å². The molecule has 0 saturated heterocycles. The molecule has 0 fully saturated rings. The van der Waals surface area contributed by atoms with Gasteiger partial charge in [-0.25, -0.2) is 9.18 Å². The van der Waals surface area contributed by atoms with Gasteiger partial charge >= 0.3 is 5.97 Å². The van der Waals surface area contributed by atoms with Crippen LogP contribution in [0.15, 0.2) is 34.9 Å². The molecule has 4 nitrogen and oxygen atoms in total. The van der Waals surface area contributed by atoms with E-state index in [1.807, 2.05) is 6.92 Å². The average Bonchev–Trinajstić information content (AvgIpc) is 2.81. The first-order chi connectivity index (χ1) is 10.0. The van der Waals surface area contributed by atoms with Crippen LogP contribution in [-0.2, 0) is 17.9 Å². The second-order valence-electron chi connectivity index (χ2n) is 4.66. The van der Waals surface area contributed by atoms with E-state index in [-0.39, 0.29) is 6.61 Å². The first-order valence-electron chi connectivity index (χ1n) is 6.58. The summed E-state index contributed by atoms with van der Waals surface area (Å²) in [5.74, 6) is -0.922. The van der Waals surface area contributed by atoms with E-state index in [1.165, 1.54) is 6.07 Å². The normalized spacial score (nSPS) is 10.6. The average molecular weight is 355 g/mol. The lowest BCUT2D eigenvalue weighted by atomic mass is 10.2. The predicted octanol–water partition coefficient (Wildman–Crippen LogP) is 3.74. The number of nitrogen functional groups attached to an aromatic ring is 1. The van der Waals surface area contributed by atoms with E-state index in [4.69, 9.17) is 10.5 Å². The van der Waals surface area contributed by atoms with Crippen LogP contribution in [0.4, 0.5) is 10.1 Å². The molecule has 1 heterocycles. The Kier molecular flexibility index (Phi) is 5.01. The van der Waals surface area contributed by atoms with Crippen LogP contribution >= 0.6 is 15.9 Å². The number of ether oxygens (including phenoxy) is 1. The maximum atomic E-state index is 13.6. The number of anilines is 1. The molecule has 6 heteroatoms. The van der Waals surface area contributed by atoms with Crippen LogP contribution in [0.2, 0.25) is 0 Å². The van der Waals surface area contributed by atoms with E-state index in [0.29, 0.717) is 23.5 Å². The fourth-order valence-electron chi connectivity index (χ4n) is 2.00. The van der Waals surface area contributed by atoms with Crippen LogP contribution in [0.5, 0.6) is 0 Å². The lowest BCUT2D eigenvalue weighted by molar-refractivity contribution is 0.0456. The van der Waals surface area contributed by atoms with Gasteiger partial charge in [-0.15, -0.1) is 0 Å². The van der Waals surface area contributed by atoms with E-state index in [9.17, 15) is 9.18 Å². The summed E-state index contributed by atoms with van der Waals surface area (Å²) in [5.41, 5.74) is 6.91. The van der Waals surface area contributed by atoms with Gasteiger partial charge in [-0.1, -0.05) is 22.9 Å². The number of carbonyl (C=O) groups excluding carboxylic acids is 1. The number of benzene rings is 1. The third kappa shape index (κ3) is 3.85. The topological polar surface area (TPSA) is 57.2 Å². The number of aryl methyl sites for hydroxylation is 1. The van der Waals surface area contributed by atoms with Crippen molar-refractivity contribution in [3.63, 3.8) is 0 Å². The minimum atomic E-state index is -0.514. The van der Waals surface area contributed by atoms with Crippen molar-refractivity contribution >= 4 is 27.6 Å². The Morgan fingerprint density at radius 1 is 1.43 bits per heavy atom. The van der Waals surface area contributed by atoms with Crippen molar-refractivity contribution in [2.75, 3.05) is 5.73 Å². The second kappa shape index (κ2) is 6.76. The van der Waals surface area contributed by atoms with Gasteiger partial charge in [0.25, 0.3) is 0 Å². The van der Waals surface area contributed by atoms with E-state index in [1.54, 1.807) is 29.0 Å². The van der Waals surface area contributed by atoms with E-state index < -0.39 is 11.8 Å². The quantitative estimate of drug-likeness (QED) is 0.832. The Bertz CT molecular complexity index is 655. The lowest BCUT2D eigenvalue weighted by Gasteiger charge is -2.09. The van der Waals surface area contributed by atoms with Crippen molar-refractivity contribution in [2.45, 2.75) is 26.5 Å². The Morgan fingerprint density at radius 3 is 2.90 bits per heavy atom. The molecule has 2 aromatic rings. The number of carbonyl (C=O) groups is 1. The van der Waals surface area contributed by atoms with Crippen molar-refractivity contribution in [1.82, 2.24) is 4.57 Å². The highest BCUT2D eigenvalue weighted by molar-refractivity contribution is 9.10. The number of hydrogen-bond donors (Lipinski definition) is 1. The Hall–Kier alpha value is -1.82. The fourth-order valence-corrected chi connectivity index (χ4v) is 2.41. The van der Waals surface area contributed by atoms with Crippen LogP contribution in [0, 0.1) is 5.82 Å². The first kappa shape index (κ1) is 15.6. The first-order valence-corrected chi connectivity index (χ1v) is 7.37. The third-order valence-electron chi connectivity index (χ3n) is 2.96. The van der Waals surface area contributed by atoms with Gasteiger partial charge < -0.3 is 15.0 Å². The summed E-state index contributed by atoms with van der Waals surface area (Å²) in [4.78, 5) is 12.1. The number of aromatic nitrogens is 1. The highest BCUT2D eigenvalue weighted by atomic mass is 79.9. The molecular formula is C15H16BrFN2O2. The Morgan fingerprint density at radius 2 is 2.19 bits per heavy atom. The van der Waals surface area contributed by atoms with Gasteiger partial charge in [-0.2, -0.15) is 0 Å². The molecule has 0 saturated carbocycles. The Labute approximate surface area is 130 Å². The SMILES string of the molecule is CCCn1cc(N)cc1C(=O)OCc1cc(Br)ccc1F. The van der Waals surface area contributed by atoms with Crippen molar-refractivity contribution in [3.8, 4) is 0 Å². The van der Waals surface area contributed by atoms with Gasteiger partial charge in [0.2, 0.25) is 0 Å². The van der Waals surface area contributed by atoms with E-state index >= 15 is 0 Å². The summed E-state index contributed by atoms with van der Waals surface area (Å²) in [7, 11) is 0. The van der Waals surface area contributed by atoms with Crippen molar-refractivity contribution in [2.24, 2.45) is 0 Å². The van der Waals surface area contributed by atoms with Crippen molar-refractivity contribution < 1.29 is 13.9 Å². The number of halogens is 2. The maximum Gasteiger partial charge on any atom is 0.355 e. The van der Waals surface area contributed by atoms with Gasteiger partial charge in [-0.3, -0.25) is 0 Å². The molecule has 0 radical (unpaired) electrons. The molecule has 0 aliphatic heterocycles. The summed E-state index contributed by atoms with van der Waals surface area (Å²) in [6.07, 6.45) is 2.56. The smallest absolute Gasteiger partial charge is 0.355 e. The van der Waals surface area contributed by atoms with Gasteiger partial charge in [0.1, 0.15) is 18.1 Å². The van der Waals surface area contributed by atoms with Crippen LogP contribution in [0.25, 0.3) is 0 Å². The minimum absolute atomic E-state index is 0.124. The molecular weight excluding hydrogens is 339 g/mol. The monoisotopic (exact) mass is 354 g/mol. The lowest BCUT2D eigenvalue weighted by Crippen LogP contribution is -2.12. The molecule has 0 amide bonds. The summed E-state index contributed by atoms with van der Waals surface area (Å²) in [5, 5.41) is 0. The highest BCUT2D eigenvalue weighted by Gasteiger charge is 2.15. The standard InChI is InChI=1S/C15H16BrFN2O2/c1-2-5-19-8-12(18)7-14(19)15(20)21-9-10-6-11(16)3-4-13(10)17/h3-4,6-8H,2,5,9,18H2,1H3. The van der Waals surface area contributed by atoms with Gasteiger partial charge in [-0.05, 0) is 30.7 Å². The maximum absolute atomic E-state index is 13.6. The molecule has 1 aromatic heterocycles. The second-order valence-corrected chi connectivity index (χ2v) is 5.58. The zero-order chi connectivity index (χ0) is 15.4. The van der Waals surface area contributed by atoms with E-state index in [0.717, 1.165) is 10.9 Å². The van der Waals surface area contributed by atoms with Crippen LogP contribution in [-0.4, -0.2) is 10.5 Å². The molecule has 21 heavy (non-hydrogen) atoms. The fraction of sp³-hybridized carbons (Fsp3) is 0.267. The predicted molar refractivity (Wildman–Crippen MR) is 82.4 cm³/mol. The molecule has 2 N–H and O–H groups in total. The Balaban J connectivity index is 2.10. The van der Waals surface area contributed by atoms with Crippen LogP contribution in [0.3, 0.4) is 0 Å². The number of nitrogens with two attached hydrogens (primary N) is 1. The summed E-state index contributed by atoms with van der Waals surface area (Å²) < 4.78 is 21.2. The molecule has 0 atom stereocenters. The molecule has 0 aliphatic rings. The zero-order valence-electron chi connectivity index (χ0n) is 11.6. The largest absolute Gasteiger partial charge is 0.456 e. The summed E-state index contributed by atoms with van der Waals surface area (Å²) in [6.45, 7) is 2.55. The van der Waals surface area contributed by atoms with Gasteiger partial charge in [0.05, 0.1) is 5.69 Å². The number of rotatable bonds is 5. The van der Waals surface area contributed by atoms with Gasteiger partial charge in [0, 0.05) is 22.8 Å². The minimum Gasteiger partial charge on any atom is -0.456 e. The van der Waals surface area contributed by atoms with Crippen molar-refractivity contribution in [3.05, 3.63) is 52.0 Å². The van der Waals surface area contributed by atoms with Crippen LogP contribution in [0.1, 0.15) is 29.4 Å². The number of esters is 1.